The first-order chi connectivity index (χ1) is 7.77. The average molecular weight is 226 g/mol. The van der Waals surface area contributed by atoms with E-state index < -0.39 is 11.6 Å². The zero-order valence-corrected chi connectivity index (χ0v) is 8.88. The number of para-hydroxylation sites is 1. The molecule has 1 atom stereocenters. The van der Waals surface area contributed by atoms with Crippen LogP contribution in [0.1, 0.15) is 6.42 Å². The third-order valence-electron chi connectivity index (χ3n) is 2.60. The lowest BCUT2D eigenvalue weighted by Crippen LogP contribution is -2.33. The molecule has 1 aliphatic heterocycles. The van der Waals surface area contributed by atoms with Gasteiger partial charge in [-0.15, -0.1) is 0 Å². The topological polar surface area (TPSA) is 21.3 Å². The lowest BCUT2D eigenvalue weighted by atomic mass is 10.0. The third kappa shape index (κ3) is 2.70. The zero-order valence-electron chi connectivity index (χ0n) is 8.88. The van der Waals surface area contributed by atoms with Crippen LogP contribution in [-0.4, -0.2) is 19.7 Å². The molecule has 16 heavy (non-hydrogen) atoms. The molecule has 2 rings (SSSR count). The Morgan fingerprint density at radius 3 is 2.69 bits per heavy atom. The molecule has 1 heterocycles. The highest BCUT2D eigenvalue weighted by Crippen LogP contribution is 2.22. The molecule has 2 nitrogen and oxygen atoms in total. The van der Waals surface area contributed by atoms with Gasteiger partial charge in [0.2, 0.25) is 0 Å². The van der Waals surface area contributed by atoms with Crippen LogP contribution in [0.4, 0.5) is 8.78 Å². The van der Waals surface area contributed by atoms with E-state index >= 15 is 0 Å². The van der Waals surface area contributed by atoms with Gasteiger partial charge in [-0.2, -0.15) is 0 Å². The molecule has 1 N–H and O–H groups in total. The summed E-state index contributed by atoms with van der Waals surface area (Å²) in [6.45, 7) is 2.05. The molecular weight excluding hydrogens is 212 g/mol. The van der Waals surface area contributed by atoms with E-state index in [1.54, 1.807) is 0 Å². The lowest BCUT2D eigenvalue weighted by Gasteiger charge is -2.22. The van der Waals surface area contributed by atoms with Crippen LogP contribution in [0.15, 0.2) is 18.2 Å². The summed E-state index contributed by atoms with van der Waals surface area (Å²) in [5, 5.41) is 3.18. The molecule has 0 bridgehead atoms. The Morgan fingerprint density at radius 2 is 2.06 bits per heavy atom. The van der Waals surface area contributed by atoms with E-state index in [2.05, 4.69) is 11.7 Å². The average Bonchev–Trinajstić information content (AvgIpc) is 2.30. The summed E-state index contributed by atoms with van der Waals surface area (Å²) >= 11 is 0. The molecule has 1 aromatic carbocycles. The van der Waals surface area contributed by atoms with Crippen LogP contribution in [0.3, 0.4) is 0 Å². The van der Waals surface area contributed by atoms with E-state index in [9.17, 15) is 8.78 Å². The molecule has 0 aliphatic carbocycles. The van der Waals surface area contributed by atoms with Gasteiger partial charge in [0.1, 0.15) is 0 Å². The number of halogens is 2. The largest absolute Gasteiger partial charge is 0.487 e. The predicted octanol–water partition coefficient (Wildman–Crippen LogP) is 2.16. The number of nitrogens with one attached hydrogen (secondary N) is 1. The van der Waals surface area contributed by atoms with Crippen LogP contribution < -0.4 is 10.1 Å². The van der Waals surface area contributed by atoms with Crippen molar-refractivity contribution >= 4 is 0 Å². The van der Waals surface area contributed by atoms with Crippen LogP contribution >= 0.6 is 0 Å². The molecule has 87 valence electrons. The van der Waals surface area contributed by atoms with Crippen LogP contribution in [0.2, 0.25) is 0 Å². The maximum atomic E-state index is 13.2. The third-order valence-corrected chi connectivity index (χ3v) is 2.60. The summed E-state index contributed by atoms with van der Waals surface area (Å²) < 4.78 is 31.6. The molecule has 4 heteroatoms. The van der Waals surface area contributed by atoms with Crippen molar-refractivity contribution in [2.45, 2.75) is 6.42 Å². The second kappa shape index (κ2) is 5.25. The normalized spacial score (nSPS) is 20.8. The molecule has 1 saturated heterocycles. The Bertz CT molecular complexity index is 331. The number of ether oxygens (including phenoxy) is 1. The van der Waals surface area contributed by atoms with E-state index in [4.69, 9.17) is 4.74 Å². The summed E-state index contributed by atoms with van der Waals surface area (Å²) in [5.41, 5.74) is 0. The summed E-state index contributed by atoms with van der Waals surface area (Å²) in [5.74, 6) is -1.28. The van der Waals surface area contributed by atoms with Crippen LogP contribution in [0.5, 0.6) is 5.75 Å². The van der Waals surface area contributed by atoms with Crippen molar-refractivity contribution in [1.29, 1.82) is 0 Å². The summed E-state index contributed by atoms with van der Waals surface area (Å²) in [4.78, 5) is 0. The molecule has 0 amide bonds. The van der Waals surface area contributed by atoms with Gasteiger partial charge in [0.15, 0.2) is 17.4 Å². The fourth-order valence-corrected chi connectivity index (χ4v) is 1.74. The van der Waals surface area contributed by atoms with Gasteiger partial charge in [-0.25, -0.2) is 8.78 Å². The number of benzene rings is 1. The van der Waals surface area contributed by atoms with E-state index in [0.29, 0.717) is 6.61 Å². The molecule has 1 fully saturated rings. The SMILES string of the molecule is Fc1cccc(F)c1OCC1C[CH]CNC1. The van der Waals surface area contributed by atoms with E-state index in [1.165, 1.54) is 18.2 Å². The van der Waals surface area contributed by atoms with E-state index in [0.717, 1.165) is 19.5 Å². The van der Waals surface area contributed by atoms with Crippen molar-refractivity contribution in [1.82, 2.24) is 5.32 Å². The lowest BCUT2D eigenvalue weighted by molar-refractivity contribution is 0.216. The molecular formula is C12H14F2NO. The van der Waals surface area contributed by atoms with Gasteiger partial charge in [0.05, 0.1) is 6.61 Å². The van der Waals surface area contributed by atoms with E-state index in [-0.39, 0.29) is 11.7 Å². The Labute approximate surface area is 93.6 Å². The van der Waals surface area contributed by atoms with Gasteiger partial charge in [-0.3, -0.25) is 0 Å². The van der Waals surface area contributed by atoms with Crippen LogP contribution in [0, 0.1) is 24.0 Å². The highest BCUT2D eigenvalue weighted by Gasteiger charge is 2.16. The molecule has 0 aromatic heterocycles. The van der Waals surface area contributed by atoms with E-state index in [1.807, 2.05) is 0 Å². The van der Waals surface area contributed by atoms with Gasteiger partial charge in [0.25, 0.3) is 0 Å². The van der Waals surface area contributed by atoms with Gasteiger partial charge < -0.3 is 10.1 Å². The number of hydrogen-bond donors (Lipinski definition) is 1. The second-order valence-electron chi connectivity index (χ2n) is 3.91. The van der Waals surface area contributed by atoms with Crippen molar-refractivity contribution in [2.75, 3.05) is 19.7 Å². The first-order valence-corrected chi connectivity index (χ1v) is 5.36. The molecule has 1 aromatic rings. The fraction of sp³-hybridized carbons (Fsp3) is 0.417. The molecule has 1 unspecified atom stereocenters. The Kier molecular flexibility index (Phi) is 3.72. The predicted molar refractivity (Wildman–Crippen MR) is 57.1 cm³/mol. The molecule has 0 saturated carbocycles. The number of rotatable bonds is 3. The molecule has 1 aliphatic rings. The quantitative estimate of drug-likeness (QED) is 0.852. The summed E-state index contributed by atoms with van der Waals surface area (Å²) in [7, 11) is 0. The van der Waals surface area contributed by atoms with Gasteiger partial charge >= 0.3 is 0 Å². The maximum absolute atomic E-state index is 13.2. The number of piperidine rings is 1. The van der Waals surface area contributed by atoms with Crippen molar-refractivity contribution < 1.29 is 13.5 Å². The Morgan fingerprint density at radius 1 is 1.31 bits per heavy atom. The van der Waals surface area contributed by atoms with Gasteiger partial charge in [-0.05, 0) is 31.5 Å². The fourth-order valence-electron chi connectivity index (χ4n) is 1.74. The van der Waals surface area contributed by atoms with Crippen molar-refractivity contribution in [3.8, 4) is 5.75 Å². The minimum Gasteiger partial charge on any atom is -0.487 e. The standard InChI is InChI=1S/C12H14F2NO/c13-10-4-1-5-11(14)12(10)16-8-9-3-2-6-15-7-9/h1-2,4-5,9,15H,3,6-8H2. The maximum Gasteiger partial charge on any atom is 0.190 e. The Hall–Kier alpha value is -1.16. The Balaban J connectivity index is 1.93. The molecule has 0 spiro atoms. The van der Waals surface area contributed by atoms with Crippen LogP contribution in [0.25, 0.3) is 0 Å². The zero-order chi connectivity index (χ0) is 11.4. The highest BCUT2D eigenvalue weighted by atomic mass is 19.1. The minimum absolute atomic E-state index is 0.270. The van der Waals surface area contributed by atoms with Crippen molar-refractivity contribution in [3.63, 3.8) is 0 Å². The summed E-state index contributed by atoms with van der Waals surface area (Å²) in [6, 6.07) is 3.72. The minimum atomic E-state index is -0.646. The molecule has 1 radical (unpaired) electrons. The van der Waals surface area contributed by atoms with Gasteiger partial charge in [0, 0.05) is 12.5 Å². The highest BCUT2D eigenvalue weighted by molar-refractivity contribution is 5.26. The smallest absolute Gasteiger partial charge is 0.190 e. The first-order valence-electron chi connectivity index (χ1n) is 5.36. The second-order valence-corrected chi connectivity index (χ2v) is 3.91. The number of hydrogen-bond acceptors (Lipinski definition) is 2. The first kappa shape index (κ1) is 11.3. The van der Waals surface area contributed by atoms with Gasteiger partial charge in [-0.1, -0.05) is 6.07 Å². The van der Waals surface area contributed by atoms with Crippen molar-refractivity contribution in [3.05, 3.63) is 36.3 Å². The summed E-state index contributed by atoms with van der Waals surface area (Å²) in [6.07, 6.45) is 3.03. The monoisotopic (exact) mass is 226 g/mol. The van der Waals surface area contributed by atoms with Crippen molar-refractivity contribution in [2.24, 2.45) is 5.92 Å². The van der Waals surface area contributed by atoms with Crippen LogP contribution in [-0.2, 0) is 0 Å².